The number of aromatic nitrogens is 4. The van der Waals surface area contributed by atoms with Crippen molar-refractivity contribution in [3.8, 4) is 0 Å². The quantitative estimate of drug-likeness (QED) is 0.783. The van der Waals surface area contributed by atoms with Crippen LogP contribution in [0.3, 0.4) is 0 Å². The van der Waals surface area contributed by atoms with Crippen LogP contribution in [0.5, 0.6) is 0 Å². The molecule has 0 saturated heterocycles. The van der Waals surface area contributed by atoms with E-state index in [0.29, 0.717) is 21.8 Å². The number of benzene rings is 1. The van der Waals surface area contributed by atoms with Crippen LogP contribution in [0, 0.1) is 0 Å². The second-order valence-electron chi connectivity index (χ2n) is 3.55. The van der Waals surface area contributed by atoms with Crippen molar-refractivity contribution in [2.24, 2.45) is 0 Å². The Morgan fingerprint density at radius 2 is 1.83 bits per heavy atom. The van der Waals surface area contributed by atoms with E-state index in [-0.39, 0.29) is 0 Å². The third kappa shape index (κ3) is 1.98. The van der Waals surface area contributed by atoms with Crippen molar-refractivity contribution in [2.45, 2.75) is 0 Å². The first-order valence-corrected chi connectivity index (χ1v) is 5.89. The van der Waals surface area contributed by atoms with Gasteiger partial charge in [0.05, 0.1) is 10.7 Å². The Kier molecular flexibility index (Phi) is 2.77. The number of fused-ring (bicyclic) bond motifs is 1. The number of hydrogen-bond acceptors (Lipinski definition) is 4. The zero-order valence-electron chi connectivity index (χ0n) is 9.01. The highest BCUT2D eigenvalue weighted by Gasteiger charge is 2.08. The molecule has 0 aliphatic rings. The summed E-state index contributed by atoms with van der Waals surface area (Å²) in [6.07, 6.45) is 0. The van der Waals surface area contributed by atoms with Gasteiger partial charge in [0.2, 0.25) is 0 Å². The molecule has 1 N–H and O–H groups in total. The van der Waals surface area contributed by atoms with E-state index in [1.54, 1.807) is 18.2 Å². The molecule has 0 saturated carbocycles. The third-order valence-corrected chi connectivity index (χ3v) is 2.88. The summed E-state index contributed by atoms with van der Waals surface area (Å²) in [6, 6.07) is 10.7. The fourth-order valence-electron chi connectivity index (χ4n) is 1.53. The average Bonchev–Trinajstić information content (AvgIpc) is 2.75. The zero-order valence-corrected chi connectivity index (χ0v) is 10.5. The SMILES string of the molecule is Clc1ccc2nnc(Nc3ccccc3Cl)n2n1. The van der Waals surface area contributed by atoms with Gasteiger partial charge in [-0.3, -0.25) is 0 Å². The van der Waals surface area contributed by atoms with E-state index in [1.165, 1.54) is 4.52 Å². The summed E-state index contributed by atoms with van der Waals surface area (Å²) in [5.41, 5.74) is 1.34. The molecular formula is C11H7Cl2N5. The molecule has 5 nitrogen and oxygen atoms in total. The summed E-state index contributed by atoms with van der Waals surface area (Å²) < 4.78 is 1.52. The highest BCUT2D eigenvalue weighted by molar-refractivity contribution is 6.33. The van der Waals surface area contributed by atoms with E-state index in [9.17, 15) is 0 Å². The number of nitrogens with zero attached hydrogens (tertiary/aromatic N) is 4. The number of anilines is 2. The van der Waals surface area contributed by atoms with Gasteiger partial charge in [-0.25, -0.2) is 0 Å². The van der Waals surface area contributed by atoms with Gasteiger partial charge in [-0.05, 0) is 24.3 Å². The second kappa shape index (κ2) is 4.44. The van der Waals surface area contributed by atoms with Crippen LogP contribution in [-0.4, -0.2) is 19.8 Å². The topological polar surface area (TPSA) is 55.1 Å². The Labute approximate surface area is 112 Å². The van der Waals surface area contributed by atoms with Crippen LogP contribution in [0.2, 0.25) is 10.2 Å². The van der Waals surface area contributed by atoms with Gasteiger partial charge in [-0.1, -0.05) is 35.3 Å². The molecule has 3 aromatic rings. The fraction of sp³-hybridized carbons (Fsp3) is 0. The van der Waals surface area contributed by atoms with Crippen LogP contribution in [-0.2, 0) is 0 Å². The molecule has 3 rings (SSSR count). The third-order valence-electron chi connectivity index (χ3n) is 2.35. The molecule has 0 amide bonds. The zero-order chi connectivity index (χ0) is 12.5. The van der Waals surface area contributed by atoms with E-state index in [0.717, 1.165) is 5.69 Å². The molecule has 2 heterocycles. The highest BCUT2D eigenvalue weighted by Crippen LogP contribution is 2.24. The molecule has 2 aromatic heterocycles. The Bertz CT molecular complexity index is 709. The smallest absolute Gasteiger partial charge is 0.250 e. The largest absolute Gasteiger partial charge is 0.321 e. The first-order chi connectivity index (χ1) is 8.74. The van der Waals surface area contributed by atoms with Crippen LogP contribution in [0.4, 0.5) is 11.6 Å². The molecule has 7 heteroatoms. The Morgan fingerprint density at radius 1 is 1.00 bits per heavy atom. The minimum Gasteiger partial charge on any atom is -0.321 e. The van der Waals surface area contributed by atoms with E-state index < -0.39 is 0 Å². The minimum absolute atomic E-state index is 0.365. The van der Waals surface area contributed by atoms with Gasteiger partial charge < -0.3 is 5.32 Å². The molecule has 0 unspecified atom stereocenters. The Balaban J connectivity index is 2.05. The Morgan fingerprint density at radius 3 is 2.67 bits per heavy atom. The molecule has 0 atom stereocenters. The maximum absolute atomic E-state index is 6.06. The van der Waals surface area contributed by atoms with Crippen LogP contribution >= 0.6 is 23.2 Å². The van der Waals surface area contributed by atoms with Gasteiger partial charge in [0.25, 0.3) is 5.95 Å². The number of rotatable bonds is 2. The van der Waals surface area contributed by atoms with Gasteiger partial charge in [0, 0.05) is 0 Å². The molecule has 1 aromatic carbocycles. The van der Waals surface area contributed by atoms with Crippen LogP contribution < -0.4 is 5.32 Å². The van der Waals surface area contributed by atoms with Gasteiger partial charge in [0.15, 0.2) is 5.65 Å². The predicted molar refractivity (Wildman–Crippen MR) is 70.5 cm³/mol. The summed E-state index contributed by atoms with van der Waals surface area (Å²) in [5.74, 6) is 0.459. The van der Waals surface area contributed by atoms with E-state index >= 15 is 0 Å². The molecular weight excluding hydrogens is 273 g/mol. The highest BCUT2D eigenvalue weighted by atomic mass is 35.5. The lowest BCUT2D eigenvalue weighted by Gasteiger charge is -2.05. The normalized spacial score (nSPS) is 10.8. The summed E-state index contributed by atoms with van der Waals surface area (Å²) in [7, 11) is 0. The molecule has 18 heavy (non-hydrogen) atoms. The van der Waals surface area contributed by atoms with Crippen molar-refractivity contribution >= 4 is 40.5 Å². The molecule has 0 bridgehead atoms. The molecule has 0 aliphatic heterocycles. The first-order valence-electron chi connectivity index (χ1n) is 5.13. The number of para-hydroxylation sites is 1. The van der Waals surface area contributed by atoms with Gasteiger partial charge in [0.1, 0.15) is 5.15 Å². The van der Waals surface area contributed by atoms with Crippen LogP contribution in [0.15, 0.2) is 36.4 Å². The van der Waals surface area contributed by atoms with Crippen molar-refractivity contribution in [2.75, 3.05) is 5.32 Å². The van der Waals surface area contributed by atoms with Crippen LogP contribution in [0.25, 0.3) is 5.65 Å². The number of halogens is 2. The minimum atomic E-state index is 0.365. The summed E-state index contributed by atoms with van der Waals surface area (Å²) in [4.78, 5) is 0. The fourth-order valence-corrected chi connectivity index (χ4v) is 1.85. The van der Waals surface area contributed by atoms with Gasteiger partial charge in [-0.2, -0.15) is 9.61 Å². The predicted octanol–water partition coefficient (Wildman–Crippen LogP) is 3.17. The molecule has 0 spiro atoms. The molecule has 0 aliphatic carbocycles. The maximum Gasteiger partial charge on any atom is 0.250 e. The van der Waals surface area contributed by atoms with Crippen molar-refractivity contribution < 1.29 is 0 Å². The standard InChI is InChI=1S/C11H7Cl2N5/c12-7-3-1-2-4-8(7)14-11-16-15-10-6-5-9(13)17-18(10)11/h1-6H,(H,14,16). The van der Waals surface area contributed by atoms with Crippen LogP contribution in [0.1, 0.15) is 0 Å². The summed E-state index contributed by atoms with van der Waals surface area (Å²) in [5, 5.41) is 16.1. The number of hydrogen-bond donors (Lipinski definition) is 1. The van der Waals surface area contributed by atoms with Gasteiger partial charge in [-0.15, -0.1) is 10.2 Å². The Hall–Kier alpha value is -1.85. The molecule has 0 fully saturated rings. The number of nitrogens with one attached hydrogen (secondary N) is 1. The van der Waals surface area contributed by atoms with Crippen molar-refractivity contribution in [1.29, 1.82) is 0 Å². The lowest BCUT2D eigenvalue weighted by atomic mass is 10.3. The average molecular weight is 280 g/mol. The van der Waals surface area contributed by atoms with E-state index in [1.807, 2.05) is 18.2 Å². The lowest BCUT2D eigenvalue weighted by molar-refractivity contribution is 0.936. The molecule has 0 radical (unpaired) electrons. The maximum atomic E-state index is 6.06. The van der Waals surface area contributed by atoms with Crippen molar-refractivity contribution in [3.63, 3.8) is 0 Å². The monoisotopic (exact) mass is 279 g/mol. The summed E-state index contributed by atoms with van der Waals surface area (Å²) in [6.45, 7) is 0. The second-order valence-corrected chi connectivity index (χ2v) is 4.35. The van der Waals surface area contributed by atoms with Crippen molar-refractivity contribution in [3.05, 3.63) is 46.6 Å². The summed E-state index contributed by atoms with van der Waals surface area (Å²) >= 11 is 11.9. The van der Waals surface area contributed by atoms with E-state index in [2.05, 4.69) is 20.6 Å². The molecule has 90 valence electrons. The first kappa shape index (κ1) is 11.3. The van der Waals surface area contributed by atoms with Crippen molar-refractivity contribution in [1.82, 2.24) is 19.8 Å². The lowest BCUT2D eigenvalue weighted by Crippen LogP contribution is -2.00. The van der Waals surface area contributed by atoms with E-state index in [4.69, 9.17) is 23.2 Å². The van der Waals surface area contributed by atoms with Gasteiger partial charge >= 0.3 is 0 Å².